The zero-order chi connectivity index (χ0) is 11.7. The van der Waals surface area contributed by atoms with Crippen LogP contribution in [0.15, 0.2) is 0 Å². The van der Waals surface area contributed by atoms with Crippen LogP contribution in [0, 0.1) is 5.92 Å². The van der Waals surface area contributed by atoms with Gasteiger partial charge in [-0.05, 0) is 18.1 Å². The summed E-state index contributed by atoms with van der Waals surface area (Å²) in [6.45, 7) is 12.7. The SMILES string of the molecule is CC(C)(C)[Si](C)(C)OC[C@H]1CNC(=O)C1. The number of nitrogens with one attached hydrogen (secondary N) is 1. The molecular weight excluding hydrogens is 206 g/mol. The van der Waals surface area contributed by atoms with E-state index in [0.29, 0.717) is 12.3 Å². The fourth-order valence-electron chi connectivity index (χ4n) is 1.33. The van der Waals surface area contributed by atoms with Crippen LogP contribution >= 0.6 is 0 Å². The van der Waals surface area contributed by atoms with Crippen LogP contribution < -0.4 is 5.32 Å². The van der Waals surface area contributed by atoms with Crippen molar-refractivity contribution in [2.45, 2.75) is 45.3 Å². The van der Waals surface area contributed by atoms with Crippen molar-refractivity contribution in [2.75, 3.05) is 13.2 Å². The molecule has 88 valence electrons. The zero-order valence-electron chi connectivity index (χ0n) is 10.5. The summed E-state index contributed by atoms with van der Waals surface area (Å²) in [7, 11) is -1.63. The van der Waals surface area contributed by atoms with Gasteiger partial charge >= 0.3 is 0 Å². The number of carbonyl (C=O) groups is 1. The molecule has 1 heterocycles. The van der Waals surface area contributed by atoms with Crippen molar-refractivity contribution < 1.29 is 9.22 Å². The second kappa shape index (κ2) is 4.26. The fraction of sp³-hybridized carbons (Fsp3) is 0.909. The third-order valence-electron chi connectivity index (χ3n) is 3.55. The summed E-state index contributed by atoms with van der Waals surface area (Å²) in [6, 6.07) is 0. The molecule has 3 nitrogen and oxygen atoms in total. The van der Waals surface area contributed by atoms with E-state index >= 15 is 0 Å². The van der Waals surface area contributed by atoms with Crippen molar-refractivity contribution in [1.29, 1.82) is 0 Å². The van der Waals surface area contributed by atoms with E-state index in [9.17, 15) is 4.79 Å². The molecule has 0 aromatic rings. The Morgan fingerprint density at radius 1 is 1.47 bits per heavy atom. The first-order valence-electron chi connectivity index (χ1n) is 5.63. The molecule has 0 saturated carbocycles. The molecule has 4 heteroatoms. The van der Waals surface area contributed by atoms with Gasteiger partial charge in [0, 0.05) is 25.5 Å². The number of hydrogen-bond acceptors (Lipinski definition) is 2. The monoisotopic (exact) mass is 229 g/mol. The highest BCUT2D eigenvalue weighted by molar-refractivity contribution is 6.74. The molecule has 1 atom stereocenters. The highest BCUT2D eigenvalue weighted by Gasteiger charge is 2.38. The standard InChI is InChI=1S/C11H23NO2Si/c1-11(2,3)15(4,5)14-8-9-6-10(13)12-7-9/h9H,6-8H2,1-5H3,(H,12,13)/t9-/m1/s1. The van der Waals surface area contributed by atoms with Gasteiger partial charge in [-0.3, -0.25) is 4.79 Å². The van der Waals surface area contributed by atoms with Crippen LogP contribution in [0.4, 0.5) is 0 Å². The van der Waals surface area contributed by atoms with Gasteiger partial charge in [-0.2, -0.15) is 0 Å². The number of amides is 1. The van der Waals surface area contributed by atoms with Crippen LogP contribution in [-0.4, -0.2) is 27.4 Å². The van der Waals surface area contributed by atoms with Crippen LogP contribution in [0.2, 0.25) is 18.1 Å². The first kappa shape index (κ1) is 12.7. The first-order valence-corrected chi connectivity index (χ1v) is 8.54. The second-order valence-electron chi connectivity index (χ2n) is 5.95. The minimum absolute atomic E-state index is 0.166. The van der Waals surface area contributed by atoms with Gasteiger partial charge in [0.05, 0.1) is 0 Å². The highest BCUT2D eigenvalue weighted by Crippen LogP contribution is 2.36. The predicted molar refractivity (Wildman–Crippen MR) is 64.3 cm³/mol. The maximum Gasteiger partial charge on any atom is 0.220 e. The largest absolute Gasteiger partial charge is 0.416 e. The van der Waals surface area contributed by atoms with Crippen molar-refractivity contribution in [1.82, 2.24) is 5.32 Å². The van der Waals surface area contributed by atoms with E-state index in [1.807, 2.05) is 0 Å². The summed E-state index contributed by atoms with van der Waals surface area (Å²) in [5.41, 5.74) is 0. The van der Waals surface area contributed by atoms with Crippen LogP contribution in [-0.2, 0) is 9.22 Å². The van der Waals surface area contributed by atoms with Gasteiger partial charge in [-0.25, -0.2) is 0 Å². The van der Waals surface area contributed by atoms with Crippen LogP contribution in [0.1, 0.15) is 27.2 Å². The third kappa shape index (κ3) is 3.31. The van der Waals surface area contributed by atoms with E-state index in [4.69, 9.17) is 4.43 Å². The summed E-state index contributed by atoms with van der Waals surface area (Å²) in [5, 5.41) is 3.09. The van der Waals surface area contributed by atoms with Crippen molar-refractivity contribution >= 4 is 14.2 Å². The lowest BCUT2D eigenvalue weighted by Crippen LogP contribution is -2.42. The Morgan fingerprint density at radius 3 is 2.47 bits per heavy atom. The lowest BCUT2D eigenvalue weighted by molar-refractivity contribution is -0.119. The molecule has 1 N–H and O–H groups in total. The van der Waals surface area contributed by atoms with Gasteiger partial charge < -0.3 is 9.74 Å². The van der Waals surface area contributed by atoms with E-state index in [-0.39, 0.29) is 10.9 Å². The van der Waals surface area contributed by atoms with Gasteiger partial charge in [-0.15, -0.1) is 0 Å². The van der Waals surface area contributed by atoms with Crippen molar-refractivity contribution in [3.63, 3.8) is 0 Å². The maximum absolute atomic E-state index is 11.0. The molecule has 0 unspecified atom stereocenters. The van der Waals surface area contributed by atoms with Crippen molar-refractivity contribution in [3.05, 3.63) is 0 Å². The summed E-state index contributed by atoms with van der Waals surface area (Å²) >= 11 is 0. The van der Waals surface area contributed by atoms with Crippen molar-refractivity contribution in [2.24, 2.45) is 5.92 Å². The van der Waals surface area contributed by atoms with Gasteiger partial charge in [0.15, 0.2) is 8.32 Å². The Hall–Kier alpha value is -0.353. The lowest BCUT2D eigenvalue weighted by Gasteiger charge is -2.36. The van der Waals surface area contributed by atoms with E-state index in [1.54, 1.807) is 0 Å². The van der Waals surface area contributed by atoms with Gasteiger partial charge in [0.2, 0.25) is 5.91 Å². The molecule has 1 saturated heterocycles. The van der Waals surface area contributed by atoms with Crippen molar-refractivity contribution in [3.8, 4) is 0 Å². The molecule has 0 aromatic heterocycles. The predicted octanol–water partition coefficient (Wildman–Crippen LogP) is 2.14. The molecule has 0 aliphatic carbocycles. The molecule has 1 aliphatic heterocycles. The quantitative estimate of drug-likeness (QED) is 0.753. The van der Waals surface area contributed by atoms with Gasteiger partial charge in [-0.1, -0.05) is 20.8 Å². The average Bonchev–Trinajstić information content (AvgIpc) is 2.46. The maximum atomic E-state index is 11.0. The van der Waals surface area contributed by atoms with Gasteiger partial charge in [0.1, 0.15) is 0 Å². The average molecular weight is 229 g/mol. The van der Waals surface area contributed by atoms with E-state index < -0.39 is 8.32 Å². The molecule has 0 aromatic carbocycles. The Morgan fingerprint density at radius 2 is 2.07 bits per heavy atom. The molecule has 15 heavy (non-hydrogen) atoms. The summed E-state index contributed by atoms with van der Waals surface area (Å²) < 4.78 is 6.07. The Balaban J connectivity index is 2.40. The second-order valence-corrected chi connectivity index (χ2v) is 10.8. The molecule has 1 aliphatic rings. The highest BCUT2D eigenvalue weighted by atomic mass is 28.4. The lowest BCUT2D eigenvalue weighted by atomic mass is 10.1. The van der Waals surface area contributed by atoms with E-state index in [1.165, 1.54) is 0 Å². The molecule has 1 rings (SSSR count). The minimum atomic E-state index is -1.63. The molecule has 1 fully saturated rings. The summed E-state index contributed by atoms with van der Waals surface area (Å²) in [4.78, 5) is 11.0. The number of rotatable bonds is 3. The summed E-state index contributed by atoms with van der Waals surface area (Å²) in [5.74, 6) is 0.547. The molecule has 0 bridgehead atoms. The van der Waals surface area contributed by atoms with E-state index in [0.717, 1.165) is 13.2 Å². The molecule has 0 spiro atoms. The molecule has 1 amide bonds. The first-order chi connectivity index (χ1) is 6.72. The topological polar surface area (TPSA) is 38.3 Å². The van der Waals surface area contributed by atoms with Crippen LogP contribution in [0.25, 0.3) is 0 Å². The van der Waals surface area contributed by atoms with Crippen LogP contribution in [0.5, 0.6) is 0 Å². The molecular formula is C11H23NO2Si. The van der Waals surface area contributed by atoms with E-state index in [2.05, 4.69) is 39.2 Å². The Kier molecular flexibility index (Phi) is 3.61. The Labute approximate surface area is 93.7 Å². The fourth-order valence-corrected chi connectivity index (χ4v) is 2.41. The van der Waals surface area contributed by atoms with Gasteiger partial charge in [0.25, 0.3) is 0 Å². The normalized spacial score (nSPS) is 23.0. The molecule has 0 radical (unpaired) electrons. The minimum Gasteiger partial charge on any atom is -0.416 e. The zero-order valence-corrected chi connectivity index (χ0v) is 11.5. The van der Waals surface area contributed by atoms with Crippen LogP contribution in [0.3, 0.4) is 0 Å². The third-order valence-corrected chi connectivity index (χ3v) is 8.05. The number of hydrogen-bond donors (Lipinski definition) is 1. The summed E-state index contributed by atoms with van der Waals surface area (Å²) in [6.07, 6.45) is 0.634. The Bertz CT molecular complexity index is 245. The number of carbonyl (C=O) groups excluding carboxylic acids is 1. The smallest absolute Gasteiger partial charge is 0.220 e.